The third-order valence-corrected chi connectivity index (χ3v) is 5.98. The predicted molar refractivity (Wildman–Crippen MR) is 96.2 cm³/mol. The number of amides is 2. The lowest BCUT2D eigenvalue weighted by atomic mass is 9.78. The van der Waals surface area contributed by atoms with Gasteiger partial charge < -0.3 is 20.3 Å². The smallest absolute Gasteiger partial charge is 0.230 e. The number of piperidine rings is 1. The molecular weight excluding hydrogens is 340 g/mol. The topological polar surface area (TPSA) is 88.8 Å². The number of hydrogen-bond donors (Lipinski definition) is 1. The first-order chi connectivity index (χ1) is 12.0. The number of nitrogen functional groups attached to an aromatic ring is 1. The van der Waals surface area contributed by atoms with Gasteiger partial charge in [-0.1, -0.05) is 0 Å². The molecule has 1 aromatic heterocycles. The number of aryl methyl sites for hydroxylation is 1. The lowest BCUT2D eigenvalue weighted by Gasteiger charge is -2.39. The van der Waals surface area contributed by atoms with Crippen molar-refractivity contribution in [1.82, 2.24) is 14.8 Å². The van der Waals surface area contributed by atoms with Gasteiger partial charge in [0.15, 0.2) is 5.13 Å². The van der Waals surface area contributed by atoms with Crippen LogP contribution in [0.1, 0.15) is 31.4 Å². The van der Waals surface area contributed by atoms with E-state index in [9.17, 15) is 9.59 Å². The van der Waals surface area contributed by atoms with Crippen molar-refractivity contribution >= 4 is 28.3 Å². The molecule has 0 aromatic carbocycles. The van der Waals surface area contributed by atoms with Gasteiger partial charge >= 0.3 is 0 Å². The number of nitrogens with two attached hydrogens (primary N) is 1. The van der Waals surface area contributed by atoms with Crippen molar-refractivity contribution in [2.24, 2.45) is 5.41 Å². The first kappa shape index (κ1) is 18.1. The van der Waals surface area contributed by atoms with Crippen molar-refractivity contribution in [2.45, 2.75) is 32.1 Å². The number of nitrogens with zero attached hydrogens (tertiary/aromatic N) is 3. The Morgan fingerprint density at radius 1 is 1.44 bits per heavy atom. The number of carbonyl (C=O) groups is 2. The number of carbonyl (C=O) groups excluding carboxylic acids is 2. The number of ether oxygens (including phenoxy) is 1. The average Bonchev–Trinajstić information content (AvgIpc) is 3.21. The van der Waals surface area contributed by atoms with Gasteiger partial charge in [-0.2, -0.15) is 0 Å². The fraction of sp³-hybridized carbons (Fsp3) is 0.706. The lowest BCUT2D eigenvalue weighted by Crippen LogP contribution is -2.51. The standard InChI is InChI=1S/C17H26N4O3S/c1-24-10-9-20-7-2-5-17(15(20)23)6-8-21(12-17)14(22)4-3-13-11-25-16(18)19-13/h11H,2-10,12H2,1H3,(H2,18,19). The summed E-state index contributed by atoms with van der Waals surface area (Å²) in [5.74, 6) is 0.295. The number of thiazole rings is 1. The Hall–Kier alpha value is -1.67. The van der Waals surface area contributed by atoms with Gasteiger partial charge in [-0.25, -0.2) is 4.98 Å². The van der Waals surface area contributed by atoms with Crippen LogP contribution in [-0.4, -0.2) is 66.5 Å². The Labute approximate surface area is 152 Å². The van der Waals surface area contributed by atoms with E-state index in [1.165, 1.54) is 11.3 Å². The Balaban J connectivity index is 1.56. The summed E-state index contributed by atoms with van der Waals surface area (Å²) < 4.78 is 5.11. The van der Waals surface area contributed by atoms with E-state index in [1.54, 1.807) is 7.11 Å². The number of anilines is 1. The zero-order valence-corrected chi connectivity index (χ0v) is 15.5. The van der Waals surface area contributed by atoms with Crippen LogP contribution < -0.4 is 5.73 Å². The highest BCUT2D eigenvalue weighted by atomic mass is 32.1. The third kappa shape index (κ3) is 3.95. The van der Waals surface area contributed by atoms with Crippen molar-refractivity contribution in [2.75, 3.05) is 45.6 Å². The molecule has 0 radical (unpaired) electrons. The van der Waals surface area contributed by atoms with Crippen molar-refractivity contribution in [1.29, 1.82) is 0 Å². The second-order valence-corrected chi connectivity index (χ2v) is 7.80. The molecule has 1 atom stereocenters. The molecule has 2 saturated heterocycles. The van der Waals surface area contributed by atoms with Crippen LogP contribution in [0.2, 0.25) is 0 Å². The second kappa shape index (κ2) is 7.70. The fourth-order valence-electron chi connectivity index (χ4n) is 3.86. The number of methoxy groups -OCH3 is 1. The number of aromatic nitrogens is 1. The number of likely N-dealkylation sites (tertiary alicyclic amines) is 2. The van der Waals surface area contributed by atoms with Crippen molar-refractivity contribution in [3.05, 3.63) is 11.1 Å². The van der Waals surface area contributed by atoms with Gasteiger partial charge in [-0.05, 0) is 25.7 Å². The summed E-state index contributed by atoms with van der Waals surface area (Å²) in [6.45, 7) is 3.20. The van der Waals surface area contributed by atoms with Gasteiger partial charge in [-0.15, -0.1) is 11.3 Å². The van der Waals surface area contributed by atoms with Gasteiger partial charge in [0.25, 0.3) is 0 Å². The van der Waals surface area contributed by atoms with Gasteiger partial charge in [-0.3, -0.25) is 9.59 Å². The van der Waals surface area contributed by atoms with Crippen molar-refractivity contribution < 1.29 is 14.3 Å². The molecule has 3 rings (SSSR count). The minimum atomic E-state index is -0.382. The molecule has 0 saturated carbocycles. The van der Waals surface area contributed by atoms with Crippen LogP contribution in [-0.2, 0) is 20.7 Å². The molecule has 2 fully saturated rings. The Morgan fingerprint density at radius 3 is 3.00 bits per heavy atom. The van der Waals surface area contributed by atoms with Crippen LogP contribution in [0.5, 0.6) is 0 Å². The molecule has 25 heavy (non-hydrogen) atoms. The summed E-state index contributed by atoms with van der Waals surface area (Å²) in [4.78, 5) is 33.4. The summed E-state index contributed by atoms with van der Waals surface area (Å²) in [6.07, 6.45) is 3.66. The Morgan fingerprint density at radius 2 is 2.28 bits per heavy atom. The monoisotopic (exact) mass is 366 g/mol. The molecule has 138 valence electrons. The highest BCUT2D eigenvalue weighted by molar-refractivity contribution is 7.13. The van der Waals surface area contributed by atoms with Crippen LogP contribution >= 0.6 is 11.3 Å². The molecular formula is C17H26N4O3S. The van der Waals surface area contributed by atoms with Crippen molar-refractivity contribution in [3.8, 4) is 0 Å². The summed E-state index contributed by atoms with van der Waals surface area (Å²) in [6, 6.07) is 0. The first-order valence-electron chi connectivity index (χ1n) is 8.80. The zero-order chi connectivity index (χ0) is 17.9. The molecule has 3 heterocycles. The predicted octanol–water partition coefficient (Wildman–Crippen LogP) is 1.15. The van der Waals surface area contributed by atoms with Crippen molar-refractivity contribution in [3.63, 3.8) is 0 Å². The molecule has 1 unspecified atom stereocenters. The minimum Gasteiger partial charge on any atom is -0.383 e. The Kier molecular flexibility index (Phi) is 5.58. The average molecular weight is 366 g/mol. The van der Waals surface area contributed by atoms with Gasteiger partial charge in [0.2, 0.25) is 11.8 Å². The van der Waals surface area contributed by atoms with E-state index < -0.39 is 0 Å². The molecule has 1 aromatic rings. The van der Waals surface area contributed by atoms with Crippen LogP contribution in [0.3, 0.4) is 0 Å². The molecule has 2 N–H and O–H groups in total. The maximum absolute atomic E-state index is 12.9. The third-order valence-electron chi connectivity index (χ3n) is 5.26. The highest BCUT2D eigenvalue weighted by Crippen LogP contribution is 2.40. The number of hydrogen-bond acceptors (Lipinski definition) is 6. The molecule has 2 aliphatic heterocycles. The quantitative estimate of drug-likeness (QED) is 0.816. The molecule has 2 amide bonds. The van der Waals surface area contributed by atoms with Gasteiger partial charge in [0.05, 0.1) is 17.7 Å². The summed E-state index contributed by atoms with van der Waals surface area (Å²) in [5, 5.41) is 2.43. The van der Waals surface area contributed by atoms with E-state index in [-0.39, 0.29) is 17.2 Å². The Bertz CT molecular complexity index is 635. The molecule has 1 spiro atoms. The SMILES string of the molecule is COCCN1CCCC2(CCN(C(=O)CCc3csc(N)n3)C2)C1=O. The zero-order valence-electron chi connectivity index (χ0n) is 14.7. The summed E-state index contributed by atoms with van der Waals surface area (Å²) in [7, 11) is 1.65. The van der Waals surface area contributed by atoms with Gasteiger partial charge in [0.1, 0.15) is 0 Å². The maximum Gasteiger partial charge on any atom is 0.230 e. The van der Waals surface area contributed by atoms with E-state index >= 15 is 0 Å². The van der Waals surface area contributed by atoms with Crippen LogP contribution in [0.4, 0.5) is 5.13 Å². The van der Waals surface area contributed by atoms with E-state index in [0.29, 0.717) is 44.2 Å². The highest BCUT2D eigenvalue weighted by Gasteiger charge is 2.49. The van der Waals surface area contributed by atoms with Gasteiger partial charge in [0, 0.05) is 45.1 Å². The summed E-state index contributed by atoms with van der Waals surface area (Å²) >= 11 is 1.39. The lowest BCUT2D eigenvalue weighted by molar-refractivity contribution is -0.146. The maximum atomic E-state index is 12.9. The second-order valence-electron chi connectivity index (χ2n) is 6.91. The van der Waals surface area contributed by atoms with E-state index in [0.717, 1.165) is 31.5 Å². The molecule has 0 aliphatic carbocycles. The van der Waals surface area contributed by atoms with E-state index in [4.69, 9.17) is 10.5 Å². The first-order valence-corrected chi connectivity index (χ1v) is 9.68. The van der Waals surface area contributed by atoms with Crippen LogP contribution in [0.15, 0.2) is 5.38 Å². The van der Waals surface area contributed by atoms with Crippen LogP contribution in [0.25, 0.3) is 0 Å². The molecule has 2 aliphatic rings. The summed E-state index contributed by atoms with van der Waals surface area (Å²) in [5.41, 5.74) is 6.11. The molecule has 8 heteroatoms. The van der Waals surface area contributed by atoms with Crippen LogP contribution in [0, 0.1) is 5.41 Å². The largest absolute Gasteiger partial charge is 0.383 e. The molecule has 0 bridgehead atoms. The van der Waals surface area contributed by atoms with E-state index in [2.05, 4.69) is 4.98 Å². The normalized spacial score (nSPS) is 23.6. The minimum absolute atomic E-state index is 0.102. The fourth-order valence-corrected chi connectivity index (χ4v) is 4.46. The number of rotatable bonds is 6. The molecule has 7 nitrogen and oxygen atoms in total. The van der Waals surface area contributed by atoms with E-state index in [1.807, 2.05) is 15.2 Å².